The van der Waals surface area contributed by atoms with Crippen LogP contribution in [-0.4, -0.2) is 15.1 Å². The van der Waals surface area contributed by atoms with E-state index in [-0.39, 0.29) is 5.75 Å². The highest BCUT2D eigenvalue weighted by molar-refractivity contribution is 7.09. The van der Waals surface area contributed by atoms with Crippen molar-refractivity contribution in [2.75, 3.05) is 0 Å². The summed E-state index contributed by atoms with van der Waals surface area (Å²) in [6.45, 7) is 3.50. The quantitative estimate of drug-likeness (QED) is 0.849. The van der Waals surface area contributed by atoms with E-state index in [0.29, 0.717) is 6.54 Å². The number of pyridine rings is 1. The molecule has 0 amide bonds. The zero-order valence-electron chi connectivity index (χ0n) is 8.97. The topological polar surface area (TPSA) is 58.0 Å². The lowest BCUT2D eigenvalue weighted by atomic mass is 10.3. The van der Waals surface area contributed by atoms with Crippen molar-refractivity contribution in [2.24, 2.45) is 0 Å². The molecule has 0 aromatic carbocycles. The number of aromatic nitrogens is 2. The first-order valence-corrected chi connectivity index (χ1v) is 5.87. The summed E-state index contributed by atoms with van der Waals surface area (Å²) in [5, 5.41) is 12.4. The van der Waals surface area contributed by atoms with Gasteiger partial charge in [-0.2, -0.15) is 0 Å². The van der Waals surface area contributed by atoms with Crippen LogP contribution in [0.5, 0.6) is 5.75 Å². The minimum atomic E-state index is 0.196. The van der Waals surface area contributed by atoms with Crippen molar-refractivity contribution in [2.45, 2.75) is 20.0 Å². The summed E-state index contributed by atoms with van der Waals surface area (Å²) in [5.74, 6) is 0.196. The number of aryl methyl sites for hydroxylation is 1. The summed E-state index contributed by atoms with van der Waals surface area (Å²) in [6.07, 6.45) is 1.45. The SMILES string of the molecule is Cc1ncsc1CNCc1ccc(O)cn1. The predicted octanol–water partition coefficient (Wildman–Crippen LogP) is 1.84. The molecule has 0 aliphatic carbocycles. The van der Waals surface area contributed by atoms with Crippen LogP contribution in [0.25, 0.3) is 0 Å². The maximum atomic E-state index is 9.08. The third-order valence-corrected chi connectivity index (χ3v) is 3.18. The lowest BCUT2D eigenvalue weighted by Gasteiger charge is -2.03. The Hall–Kier alpha value is -1.46. The van der Waals surface area contributed by atoms with Crippen molar-refractivity contribution in [1.29, 1.82) is 0 Å². The Labute approximate surface area is 98.0 Å². The van der Waals surface area contributed by atoms with Crippen LogP contribution < -0.4 is 5.32 Å². The fourth-order valence-electron chi connectivity index (χ4n) is 1.32. The Morgan fingerprint density at radius 3 is 2.81 bits per heavy atom. The highest BCUT2D eigenvalue weighted by Crippen LogP contribution is 2.11. The standard InChI is InChI=1S/C11H13N3OS/c1-8-11(16-7-14-8)6-12-4-9-2-3-10(15)5-13-9/h2-3,5,7,12,15H,4,6H2,1H3. The number of hydrogen-bond donors (Lipinski definition) is 2. The summed E-state index contributed by atoms with van der Waals surface area (Å²) in [5.41, 5.74) is 3.85. The maximum Gasteiger partial charge on any atom is 0.133 e. The molecule has 0 atom stereocenters. The van der Waals surface area contributed by atoms with E-state index in [1.165, 1.54) is 11.1 Å². The smallest absolute Gasteiger partial charge is 0.133 e. The van der Waals surface area contributed by atoms with Gasteiger partial charge < -0.3 is 10.4 Å². The summed E-state index contributed by atoms with van der Waals surface area (Å²) in [7, 11) is 0. The molecule has 84 valence electrons. The van der Waals surface area contributed by atoms with Gasteiger partial charge in [-0.05, 0) is 19.1 Å². The molecule has 0 aliphatic heterocycles. The lowest BCUT2D eigenvalue weighted by molar-refractivity contribution is 0.471. The summed E-state index contributed by atoms with van der Waals surface area (Å²) in [6, 6.07) is 3.45. The molecule has 2 aromatic rings. The van der Waals surface area contributed by atoms with E-state index in [4.69, 9.17) is 5.11 Å². The molecule has 2 rings (SSSR count). The zero-order valence-corrected chi connectivity index (χ0v) is 9.79. The summed E-state index contributed by atoms with van der Waals surface area (Å²) in [4.78, 5) is 9.53. The molecule has 2 N–H and O–H groups in total. The number of rotatable bonds is 4. The minimum Gasteiger partial charge on any atom is -0.506 e. The molecule has 5 heteroatoms. The van der Waals surface area contributed by atoms with Gasteiger partial charge in [-0.3, -0.25) is 4.98 Å². The van der Waals surface area contributed by atoms with Crippen molar-refractivity contribution < 1.29 is 5.11 Å². The van der Waals surface area contributed by atoms with E-state index in [9.17, 15) is 0 Å². The van der Waals surface area contributed by atoms with E-state index in [0.717, 1.165) is 17.9 Å². The number of aromatic hydroxyl groups is 1. The van der Waals surface area contributed by atoms with Gasteiger partial charge >= 0.3 is 0 Å². The first-order chi connectivity index (χ1) is 7.75. The van der Waals surface area contributed by atoms with Gasteiger partial charge in [0.1, 0.15) is 5.75 Å². The molecule has 0 spiro atoms. The molecule has 0 radical (unpaired) electrons. The van der Waals surface area contributed by atoms with Crippen LogP contribution in [0.4, 0.5) is 0 Å². The predicted molar refractivity (Wildman–Crippen MR) is 63.3 cm³/mol. The van der Waals surface area contributed by atoms with Crippen molar-refractivity contribution in [3.8, 4) is 5.75 Å². The molecular formula is C11H13N3OS. The van der Waals surface area contributed by atoms with Crippen LogP contribution in [0, 0.1) is 6.92 Å². The van der Waals surface area contributed by atoms with Gasteiger partial charge in [-0.15, -0.1) is 11.3 Å². The van der Waals surface area contributed by atoms with Crippen LogP contribution in [-0.2, 0) is 13.1 Å². The van der Waals surface area contributed by atoms with Gasteiger partial charge in [-0.25, -0.2) is 4.98 Å². The second-order valence-electron chi connectivity index (χ2n) is 3.47. The third-order valence-electron chi connectivity index (χ3n) is 2.25. The first kappa shape index (κ1) is 11.0. The molecule has 16 heavy (non-hydrogen) atoms. The monoisotopic (exact) mass is 235 g/mol. The number of nitrogens with one attached hydrogen (secondary N) is 1. The number of thiazole rings is 1. The Morgan fingerprint density at radius 2 is 2.19 bits per heavy atom. The molecule has 0 bridgehead atoms. The molecule has 2 heterocycles. The van der Waals surface area contributed by atoms with Crippen LogP contribution in [0.3, 0.4) is 0 Å². The molecule has 0 fully saturated rings. The third kappa shape index (κ3) is 2.77. The normalized spacial score (nSPS) is 10.6. The summed E-state index contributed by atoms with van der Waals surface area (Å²) < 4.78 is 0. The molecule has 0 aliphatic rings. The maximum absolute atomic E-state index is 9.08. The van der Waals surface area contributed by atoms with E-state index < -0.39 is 0 Å². The number of hydrogen-bond acceptors (Lipinski definition) is 5. The van der Waals surface area contributed by atoms with Crippen molar-refractivity contribution in [3.63, 3.8) is 0 Å². The minimum absolute atomic E-state index is 0.196. The van der Waals surface area contributed by atoms with Gasteiger partial charge in [0.15, 0.2) is 0 Å². The van der Waals surface area contributed by atoms with Crippen LogP contribution >= 0.6 is 11.3 Å². The second kappa shape index (κ2) is 5.05. The molecule has 0 unspecified atom stereocenters. The Morgan fingerprint density at radius 1 is 1.31 bits per heavy atom. The zero-order chi connectivity index (χ0) is 11.4. The van der Waals surface area contributed by atoms with Crippen LogP contribution in [0.2, 0.25) is 0 Å². The Kier molecular flexibility index (Phi) is 3.48. The average molecular weight is 235 g/mol. The van der Waals surface area contributed by atoms with Crippen molar-refractivity contribution in [3.05, 3.63) is 40.1 Å². The van der Waals surface area contributed by atoms with Crippen molar-refractivity contribution in [1.82, 2.24) is 15.3 Å². The fourth-order valence-corrected chi connectivity index (χ4v) is 2.07. The molecule has 0 saturated carbocycles. The molecule has 4 nitrogen and oxygen atoms in total. The fraction of sp³-hybridized carbons (Fsp3) is 0.273. The van der Waals surface area contributed by atoms with Gasteiger partial charge in [-0.1, -0.05) is 0 Å². The summed E-state index contributed by atoms with van der Waals surface area (Å²) >= 11 is 1.65. The van der Waals surface area contributed by atoms with Crippen LogP contribution in [0.1, 0.15) is 16.3 Å². The number of nitrogens with zero attached hydrogens (tertiary/aromatic N) is 2. The van der Waals surface area contributed by atoms with Gasteiger partial charge in [0.05, 0.1) is 23.1 Å². The van der Waals surface area contributed by atoms with Gasteiger partial charge in [0, 0.05) is 18.0 Å². The first-order valence-electron chi connectivity index (χ1n) is 4.99. The molecule has 0 saturated heterocycles. The van der Waals surface area contributed by atoms with Crippen LogP contribution in [0.15, 0.2) is 23.8 Å². The van der Waals surface area contributed by atoms with Gasteiger partial charge in [0.2, 0.25) is 0 Å². The Bertz CT molecular complexity index is 453. The van der Waals surface area contributed by atoms with E-state index in [2.05, 4.69) is 15.3 Å². The highest BCUT2D eigenvalue weighted by atomic mass is 32.1. The second-order valence-corrected chi connectivity index (χ2v) is 4.41. The van der Waals surface area contributed by atoms with E-state index in [1.54, 1.807) is 17.4 Å². The van der Waals surface area contributed by atoms with Crippen molar-refractivity contribution >= 4 is 11.3 Å². The Balaban J connectivity index is 1.84. The van der Waals surface area contributed by atoms with Gasteiger partial charge in [0.25, 0.3) is 0 Å². The highest BCUT2D eigenvalue weighted by Gasteiger charge is 2.00. The average Bonchev–Trinajstić information content (AvgIpc) is 2.68. The van der Waals surface area contributed by atoms with E-state index in [1.807, 2.05) is 18.5 Å². The largest absolute Gasteiger partial charge is 0.506 e. The molecule has 2 aromatic heterocycles. The van der Waals surface area contributed by atoms with E-state index >= 15 is 0 Å². The molecular weight excluding hydrogens is 222 g/mol. The lowest BCUT2D eigenvalue weighted by Crippen LogP contribution is -2.13.